The summed E-state index contributed by atoms with van der Waals surface area (Å²) in [6.45, 7) is 3.67. The number of nitriles is 1. The SMILES string of the molecule is COc1cc(C2C(C#N)=C(SCC(=O)Nc3ccccc3C)NC(C)=C2C(=O)Nc2ccccc2)ccc1O. The number of aromatic hydroxyl groups is 1. The van der Waals surface area contributed by atoms with Gasteiger partial charge in [-0.25, -0.2) is 0 Å². The van der Waals surface area contributed by atoms with Crippen LogP contribution in [0.3, 0.4) is 0 Å². The Kier molecular flexibility index (Phi) is 8.59. The standard InChI is InChI=1S/C30H28N4O4S/c1-18-9-7-8-12-23(18)34-26(36)17-39-30-22(16-31)28(20-13-14-24(35)25(15-20)38-3)27(19(2)32-30)29(37)33-21-10-5-4-6-11-21/h4-15,28,32,35H,17H2,1-3H3,(H,33,37)(H,34,36). The highest BCUT2D eigenvalue weighted by Crippen LogP contribution is 2.43. The number of benzene rings is 3. The van der Waals surface area contributed by atoms with E-state index in [1.54, 1.807) is 31.2 Å². The summed E-state index contributed by atoms with van der Waals surface area (Å²) in [4.78, 5) is 26.3. The first-order chi connectivity index (χ1) is 18.8. The highest BCUT2D eigenvalue weighted by atomic mass is 32.2. The summed E-state index contributed by atoms with van der Waals surface area (Å²) in [5.41, 5.74) is 4.03. The summed E-state index contributed by atoms with van der Waals surface area (Å²) < 4.78 is 5.30. The predicted octanol–water partition coefficient (Wildman–Crippen LogP) is 5.42. The van der Waals surface area contributed by atoms with Crippen LogP contribution in [0.5, 0.6) is 11.5 Å². The maximum atomic E-state index is 13.6. The molecule has 4 rings (SSSR count). The van der Waals surface area contributed by atoms with Gasteiger partial charge in [-0.1, -0.05) is 54.2 Å². The van der Waals surface area contributed by atoms with Crippen molar-refractivity contribution in [3.63, 3.8) is 0 Å². The highest BCUT2D eigenvalue weighted by molar-refractivity contribution is 8.03. The summed E-state index contributed by atoms with van der Waals surface area (Å²) in [5, 5.41) is 29.9. The van der Waals surface area contributed by atoms with Crippen molar-refractivity contribution in [2.24, 2.45) is 0 Å². The molecule has 2 amide bonds. The van der Waals surface area contributed by atoms with Crippen molar-refractivity contribution in [3.8, 4) is 17.6 Å². The Morgan fingerprint density at radius 2 is 1.77 bits per heavy atom. The van der Waals surface area contributed by atoms with E-state index in [1.165, 1.54) is 24.9 Å². The Morgan fingerprint density at radius 1 is 1.05 bits per heavy atom. The zero-order valence-corrected chi connectivity index (χ0v) is 22.6. The molecule has 0 saturated heterocycles. The number of nitrogens with zero attached hydrogens (tertiary/aromatic N) is 1. The fraction of sp³-hybridized carbons (Fsp3) is 0.167. The summed E-state index contributed by atoms with van der Waals surface area (Å²) in [6, 6.07) is 23.5. The number of hydrogen-bond acceptors (Lipinski definition) is 7. The Bertz CT molecular complexity index is 1510. The molecular weight excluding hydrogens is 512 g/mol. The molecule has 0 saturated carbocycles. The van der Waals surface area contributed by atoms with Gasteiger partial charge in [0, 0.05) is 22.6 Å². The second kappa shape index (κ2) is 12.2. The average Bonchev–Trinajstić information content (AvgIpc) is 2.93. The van der Waals surface area contributed by atoms with Gasteiger partial charge in [0.15, 0.2) is 11.5 Å². The van der Waals surface area contributed by atoms with Crippen LogP contribution in [0.25, 0.3) is 0 Å². The first-order valence-electron chi connectivity index (χ1n) is 12.2. The minimum absolute atomic E-state index is 0.0479. The number of carbonyl (C=O) groups is 2. The molecule has 1 aliphatic heterocycles. The normalized spacial score (nSPS) is 14.8. The third-order valence-electron chi connectivity index (χ3n) is 6.23. The van der Waals surface area contributed by atoms with Gasteiger partial charge in [-0.2, -0.15) is 5.26 Å². The van der Waals surface area contributed by atoms with Crippen LogP contribution in [0.2, 0.25) is 0 Å². The van der Waals surface area contributed by atoms with Crippen molar-refractivity contribution in [1.29, 1.82) is 5.26 Å². The zero-order chi connectivity index (χ0) is 27.9. The van der Waals surface area contributed by atoms with Gasteiger partial charge in [-0.05, 0) is 55.3 Å². The third-order valence-corrected chi connectivity index (χ3v) is 7.24. The van der Waals surface area contributed by atoms with Crippen molar-refractivity contribution in [1.82, 2.24) is 5.32 Å². The number of phenols is 1. The number of amides is 2. The van der Waals surface area contributed by atoms with E-state index in [0.717, 1.165) is 11.3 Å². The number of aryl methyl sites for hydroxylation is 1. The number of para-hydroxylation sites is 2. The average molecular weight is 541 g/mol. The van der Waals surface area contributed by atoms with Crippen LogP contribution in [-0.4, -0.2) is 29.8 Å². The molecule has 9 heteroatoms. The molecule has 8 nitrogen and oxygen atoms in total. The number of dihydropyridines is 1. The molecule has 0 radical (unpaired) electrons. The van der Waals surface area contributed by atoms with Crippen molar-refractivity contribution in [2.45, 2.75) is 19.8 Å². The third kappa shape index (κ3) is 6.25. The summed E-state index contributed by atoms with van der Waals surface area (Å²) in [5.74, 6) is -1.16. The smallest absolute Gasteiger partial charge is 0.254 e. The van der Waals surface area contributed by atoms with Gasteiger partial charge in [-0.3, -0.25) is 9.59 Å². The molecule has 1 aliphatic rings. The van der Waals surface area contributed by atoms with Crippen LogP contribution in [0.4, 0.5) is 11.4 Å². The number of allylic oxidation sites excluding steroid dienone is 2. The molecule has 3 aromatic rings. The van der Waals surface area contributed by atoms with Crippen LogP contribution in [0.15, 0.2) is 94.7 Å². The van der Waals surface area contributed by atoms with Gasteiger partial charge in [0.05, 0.1) is 35.5 Å². The van der Waals surface area contributed by atoms with E-state index in [4.69, 9.17) is 4.74 Å². The second-order valence-corrected chi connectivity index (χ2v) is 9.84. The maximum Gasteiger partial charge on any atom is 0.254 e. The van der Waals surface area contributed by atoms with E-state index < -0.39 is 5.92 Å². The summed E-state index contributed by atoms with van der Waals surface area (Å²) in [7, 11) is 1.43. The topological polar surface area (TPSA) is 123 Å². The van der Waals surface area contributed by atoms with E-state index in [0.29, 0.717) is 27.6 Å². The number of carbonyl (C=O) groups excluding carboxylic acids is 2. The number of hydrogen-bond donors (Lipinski definition) is 4. The molecule has 198 valence electrons. The minimum Gasteiger partial charge on any atom is -0.504 e. The quantitative estimate of drug-likeness (QED) is 0.301. The van der Waals surface area contributed by atoms with Gasteiger partial charge in [0.1, 0.15) is 0 Å². The summed E-state index contributed by atoms with van der Waals surface area (Å²) >= 11 is 1.18. The van der Waals surface area contributed by atoms with Crippen LogP contribution in [-0.2, 0) is 9.59 Å². The monoisotopic (exact) mass is 540 g/mol. The molecule has 0 aliphatic carbocycles. The number of nitrogens with one attached hydrogen (secondary N) is 3. The van der Waals surface area contributed by atoms with Crippen LogP contribution in [0.1, 0.15) is 24.0 Å². The lowest BCUT2D eigenvalue weighted by molar-refractivity contribution is -0.114. The molecule has 39 heavy (non-hydrogen) atoms. The van der Waals surface area contributed by atoms with Gasteiger partial charge in [-0.15, -0.1) is 0 Å². The number of thioether (sulfide) groups is 1. The maximum absolute atomic E-state index is 13.6. The van der Waals surface area contributed by atoms with Crippen LogP contribution >= 0.6 is 11.8 Å². The Hall–Kier alpha value is -4.68. The van der Waals surface area contributed by atoms with Gasteiger partial charge in [0.25, 0.3) is 5.91 Å². The van der Waals surface area contributed by atoms with Gasteiger partial charge in [0.2, 0.25) is 5.91 Å². The largest absolute Gasteiger partial charge is 0.504 e. The van der Waals surface area contributed by atoms with E-state index >= 15 is 0 Å². The van der Waals surface area contributed by atoms with Crippen LogP contribution < -0.4 is 20.7 Å². The first kappa shape index (κ1) is 27.4. The van der Waals surface area contributed by atoms with Gasteiger partial charge < -0.3 is 25.8 Å². The van der Waals surface area contributed by atoms with Crippen LogP contribution in [0, 0.1) is 18.3 Å². The minimum atomic E-state index is -0.767. The lowest BCUT2D eigenvalue weighted by atomic mass is 9.82. The molecule has 1 atom stereocenters. The van der Waals surface area contributed by atoms with E-state index in [-0.39, 0.29) is 34.6 Å². The first-order valence-corrected chi connectivity index (χ1v) is 13.1. The summed E-state index contributed by atoms with van der Waals surface area (Å²) in [6.07, 6.45) is 0. The molecule has 0 bridgehead atoms. The molecule has 1 heterocycles. The second-order valence-electron chi connectivity index (χ2n) is 8.85. The zero-order valence-electron chi connectivity index (χ0n) is 21.7. The Balaban J connectivity index is 1.68. The van der Waals surface area contributed by atoms with Crippen molar-refractivity contribution in [3.05, 3.63) is 106 Å². The van der Waals surface area contributed by atoms with Gasteiger partial charge >= 0.3 is 0 Å². The molecule has 0 fully saturated rings. The molecule has 0 spiro atoms. The number of rotatable bonds is 8. The van der Waals surface area contributed by atoms with E-state index in [2.05, 4.69) is 22.0 Å². The molecule has 0 aromatic heterocycles. The Morgan fingerprint density at radius 3 is 2.46 bits per heavy atom. The number of phenolic OH excluding ortho intramolecular Hbond substituents is 1. The highest BCUT2D eigenvalue weighted by Gasteiger charge is 2.35. The van der Waals surface area contributed by atoms with Crippen molar-refractivity contribution >= 4 is 35.0 Å². The number of ether oxygens (including phenoxy) is 1. The lowest BCUT2D eigenvalue weighted by Gasteiger charge is -2.30. The van der Waals surface area contributed by atoms with Crippen molar-refractivity contribution < 1.29 is 19.4 Å². The van der Waals surface area contributed by atoms with E-state index in [9.17, 15) is 20.0 Å². The predicted molar refractivity (Wildman–Crippen MR) is 153 cm³/mol. The Labute approximate surface area is 231 Å². The molecule has 1 unspecified atom stereocenters. The van der Waals surface area contributed by atoms with Crippen molar-refractivity contribution in [2.75, 3.05) is 23.5 Å². The fourth-order valence-corrected chi connectivity index (χ4v) is 5.18. The van der Waals surface area contributed by atoms with E-state index in [1.807, 2.05) is 49.4 Å². The number of methoxy groups -OCH3 is 1. The molecular formula is C30H28N4O4S. The fourth-order valence-electron chi connectivity index (χ4n) is 4.29. The molecule has 3 aromatic carbocycles. The molecule has 4 N–H and O–H groups in total. The number of anilines is 2. The lowest BCUT2D eigenvalue weighted by Crippen LogP contribution is -2.31.